The molecule has 6 nitrogen and oxygen atoms in total. The van der Waals surface area contributed by atoms with Gasteiger partial charge in [-0.25, -0.2) is 9.80 Å². The average Bonchev–Trinajstić information content (AvgIpc) is 2.18. The first kappa shape index (κ1) is 13.0. The van der Waals surface area contributed by atoms with E-state index in [1.165, 1.54) is 11.9 Å². The predicted molar refractivity (Wildman–Crippen MR) is 63.6 cm³/mol. The van der Waals surface area contributed by atoms with Crippen molar-refractivity contribution in [2.24, 2.45) is 0 Å². The predicted octanol–water partition coefficient (Wildman–Crippen LogP) is 1.21. The summed E-state index contributed by atoms with van der Waals surface area (Å²) in [4.78, 5) is 22.0. The Morgan fingerprint density at radius 1 is 1.18 bits per heavy atom. The first-order valence-electron chi connectivity index (χ1n) is 5.01. The van der Waals surface area contributed by atoms with Gasteiger partial charge in [-0.15, -0.1) is 0 Å². The summed E-state index contributed by atoms with van der Waals surface area (Å²) in [5, 5.41) is 4.09. The number of anilines is 1. The fourth-order valence-electron chi connectivity index (χ4n) is 1.12. The molecule has 0 aliphatic carbocycles. The molecular formula is C11H15N3O3. The molecule has 2 N–H and O–H groups in total. The molecule has 2 amide bonds. The molecule has 1 rings (SSSR count). The zero-order valence-electron chi connectivity index (χ0n) is 9.98. The molecule has 0 bridgehead atoms. The Balaban J connectivity index is 2.56. The van der Waals surface area contributed by atoms with Crippen molar-refractivity contribution in [3.8, 4) is 5.75 Å². The summed E-state index contributed by atoms with van der Waals surface area (Å²) < 4.78 is 4.98. The maximum absolute atomic E-state index is 11.2. The van der Waals surface area contributed by atoms with Crippen molar-refractivity contribution in [2.75, 3.05) is 19.4 Å². The second-order valence-electron chi connectivity index (χ2n) is 3.60. The summed E-state index contributed by atoms with van der Waals surface area (Å²) in [6.07, 6.45) is -0.567. The van der Waals surface area contributed by atoms with E-state index in [2.05, 4.69) is 10.7 Å². The molecule has 0 atom stereocenters. The molecule has 0 spiro atoms. The molecule has 1 aromatic rings. The first-order chi connectivity index (χ1) is 7.97. The van der Waals surface area contributed by atoms with Crippen LogP contribution in [0.15, 0.2) is 24.3 Å². The highest BCUT2D eigenvalue weighted by atomic mass is 16.6. The van der Waals surface area contributed by atoms with E-state index < -0.39 is 6.09 Å². The van der Waals surface area contributed by atoms with E-state index in [1.54, 1.807) is 38.4 Å². The van der Waals surface area contributed by atoms with Gasteiger partial charge in [0.2, 0.25) is 5.91 Å². The van der Waals surface area contributed by atoms with Gasteiger partial charge in [0.1, 0.15) is 5.75 Å². The lowest BCUT2D eigenvalue weighted by Crippen LogP contribution is -2.38. The van der Waals surface area contributed by atoms with Crippen molar-refractivity contribution in [3.63, 3.8) is 0 Å². The third kappa shape index (κ3) is 4.98. The molecule has 6 heteroatoms. The van der Waals surface area contributed by atoms with Crippen LogP contribution >= 0.6 is 0 Å². The summed E-state index contributed by atoms with van der Waals surface area (Å²) in [5.74, 6) is 0.252. The van der Waals surface area contributed by atoms with Gasteiger partial charge >= 0.3 is 6.09 Å². The van der Waals surface area contributed by atoms with E-state index in [-0.39, 0.29) is 5.91 Å². The number of ether oxygens (including phenoxy) is 1. The number of benzene rings is 1. The lowest BCUT2D eigenvalue weighted by atomic mass is 10.3. The third-order valence-electron chi connectivity index (χ3n) is 1.70. The number of carbonyl (C=O) groups excluding carboxylic acids is 2. The molecule has 0 aromatic heterocycles. The van der Waals surface area contributed by atoms with Crippen LogP contribution in [0.2, 0.25) is 0 Å². The van der Waals surface area contributed by atoms with Crippen molar-refractivity contribution >= 4 is 17.7 Å². The van der Waals surface area contributed by atoms with E-state index in [0.29, 0.717) is 11.4 Å². The number of carbonyl (C=O) groups is 2. The van der Waals surface area contributed by atoms with Gasteiger partial charge in [0, 0.05) is 26.7 Å². The number of nitrogens with zero attached hydrogens (tertiary/aromatic N) is 1. The fraction of sp³-hybridized carbons (Fsp3) is 0.273. The number of hydrazine groups is 1. The third-order valence-corrected chi connectivity index (χ3v) is 1.70. The second-order valence-corrected chi connectivity index (χ2v) is 3.60. The zero-order valence-corrected chi connectivity index (χ0v) is 9.98. The standard InChI is InChI=1S/C11H15N3O3/c1-8(15)12-9-4-6-10(7-5-9)17-11(16)13-14(2)3/h4-7H,1-3H3,(H,12,15)(H,13,16). The molecule has 92 valence electrons. The highest BCUT2D eigenvalue weighted by Gasteiger charge is 2.04. The van der Waals surface area contributed by atoms with Gasteiger partial charge in [-0.3, -0.25) is 10.2 Å². The summed E-state index contributed by atoms with van der Waals surface area (Å²) in [5.41, 5.74) is 3.09. The lowest BCUT2D eigenvalue weighted by molar-refractivity contribution is -0.114. The molecule has 1 aromatic carbocycles. The van der Waals surface area contributed by atoms with Crippen LogP contribution in [0, 0.1) is 0 Å². The number of rotatable bonds is 3. The second kappa shape index (κ2) is 5.86. The van der Waals surface area contributed by atoms with E-state index in [9.17, 15) is 9.59 Å². The van der Waals surface area contributed by atoms with Crippen LogP contribution in [0.25, 0.3) is 0 Å². The van der Waals surface area contributed by atoms with Gasteiger partial charge in [-0.05, 0) is 24.3 Å². The molecule has 0 saturated carbocycles. The van der Waals surface area contributed by atoms with Crippen LogP contribution in [-0.2, 0) is 4.79 Å². The highest BCUT2D eigenvalue weighted by molar-refractivity contribution is 5.88. The smallest absolute Gasteiger partial charge is 0.409 e. The van der Waals surface area contributed by atoms with Gasteiger partial charge in [-0.2, -0.15) is 0 Å². The fourth-order valence-corrected chi connectivity index (χ4v) is 1.12. The maximum Gasteiger partial charge on any atom is 0.427 e. The maximum atomic E-state index is 11.2. The summed E-state index contributed by atoms with van der Waals surface area (Å²) in [6.45, 7) is 1.43. The van der Waals surface area contributed by atoms with Crippen LogP contribution in [-0.4, -0.2) is 31.1 Å². The summed E-state index contributed by atoms with van der Waals surface area (Å²) in [6, 6.07) is 6.50. The topological polar surface area (TPSA) is 70.7 Å². The van der Waals surface area contributed by atoms with Gasteiger partial charge in [0.15, 0.2) is 0 Å². The van der Waals surface area contributed by atoms with Gasteiger partial charge < -0.3 is 10.1 Å². The Labute approximate surface area is 99.5 Å². The van der Waals surface area contributed by atoms with E-state index in [0.717, 1.165) is 0 Å². The van der Waals surface area contributed by atoms with Crippen molar-refractivity contribution in [1.29, 1.82) is 0 Å². The van der Waals surface area contributed by atoms with Gasteiger partial charge in [0.05, 0.1) is 0 Å². The quantitative estimate of drug-likeness (QED) is 0.775. The Kier molecular flexibility index (Phi) is 4.47. The van der Waals surface area contributed by atoms with E-state index >= 15 is 0 Å². The van der Waals surface area contributed by atoms with Crippen LogP contribution < -0.4 is 15.5 Å². The minimum absolute atomic E-state index is 0.149. The van der Waals surface area contributed by atoms with Crippen LogP contribution in [0.3, 0.4) is 0 Å². The van der Waals surface area contributed by atoms with Crippen molar-refractivity contribution in [1.82, 2.24) is 10.4 Å². The zero-order chi connectivity index (χ0) is 12.8. The Bertz CT molecular complexity index is 401. The largest absolute Gasteiger partial charge is 0.427 e. The molecule has 0 aliphatic rings. The van der Waals surface area contributed by atoms with Crippen molar-refractivity contribution in [3.05, 3.63) is 24.3 Å². The molecule has 0 saturated heterocycles. The molecule has 0 unspecified atom stereocenters. The molecular weight excluding hydrogens is 222 g/mol. The molecule has 17 heavy (non-hydrogen) atoms. The van der Waals surface area contributed by atoms with Gasteiger partial charge in [0.25, 0.3) is 0 Å². The molecule has 0 fully saturated rings. The SMILES string of the molecule is CC(=O)Nc1ccc(OC(=O)NN(C)C)cc1. The lowest BCUT2D eigenvalue weighted by Gasteiger charge is -2.11. The van der Waals surface area contributed by atoms with Gasteiger partial charge in [-0.1, -0.05) is 0 Å². The highest BCUT2D eigenvalue weighted by Crippen LogP contribution is 2.15. The number of nitrogens with one attached hydrogen (secondary N) is 2. The monoisotopic (exact) mass is 237 g/mol. The van der Waals surface area contributed by atoms with Crippen LogP contribution in [0.1, 0.15) is 6.92 Å². The summed E-state index contributed by atoms with van der Waals surface area (Å²) in [7, 11) is 3.36. The molecule has 0 radical (unpaired) electrons. The van der Waals surface area contributed by atoms with Crippen molar-refractivity contribution in [2.45, 2.75) is 6.92 Å². The summed E-state index contributed by atoms with van der Waals surface area (Å²) >= 11 is 0. The molecule has 0 aliphatic heterocycles. The number of hydrogen-bond donors (Lipinski definition) is 2. The minimum Gasteiger partial charge on any atom is -0.409 e. The van der Waals surface area contributed by atoms with E-state index in [4.69, 9.17) is 4.74 Å². The van der Waals surface area contributed by atoms with Crippen LogP contribution in [0.5, 0.6) is 5.75 Å². The number of amides is 2. The average molecular weight is 237 g/mol. The van der Waals surface area contributed by atoms with Crippen LogP contribution in [0.4, 0.5) is 10.5 Å². The molecule has 0 heterocycles. The minimum atomic E-state index is -0.567. The Morgan fingerprint density at radius 3 is 2.24 bits per heavy atom. The van der Waals surface area contributed by atoms with E-state index in [1.807, 2.05) is 0 Å². The normalized spacial score (nSPS) is 9.88. The number of hydrogen-bond acceptors (Lipinski definition) is 4. The first-order valence-corrected chi connectivity index (χ1v) is 5.01. The Hall–Kier alpha value is -2.08. The van der Waals surface area contributed by atoms with Crippen molar-refractivity contribution < 1.29 is 14.3 Å². The Morgan fingerprint density at radius 2 is 1.76 bits per heavy atom.